The second kappa shape index (κ2) is 10.2. The van der Waals surface area contributed by atoms with Gasteiger partial charge in [-0.1, -0.05) is 41.3 Å². The first-order valence-corrected chi connectivity index (χ1v) is 12.2. The van der Waals surface area contributed by atoms with Crippen molar-refractivity contribution >= 4 is 39.8 Å². The van der Waals surface area contributed by atoms with Gasteiger partial charge in [-0.05, 0) is 49.6 Å². The molecule has 0 unspecified atom stereocenters. The molecular weight excluding hydrogens is 444 g/mol. The van der Waals surface area contributed by atoms with Crippen molar-refractivity contribution in [2.24, 2.45) is 0 Å². The normalized spacial score (nSPS) is 15.6. The molecule has 1 aromatic heterocycles. The van der Waals surface area contributed by atoms with E-state index in [-0.39, 0.29) is 11.9 Å². The van der Waals surface area contributed by atoms with Crippen LogP contribution >= 0.6 is 23.1 Å². The zero-order chi connectivity index (χ0) is 22.5. The van der Waals surface area contributed by atoms with Gasteiger partial charge in [0.05, 0.1) is 26.0 Å². The SMILES string of the molecule is COc1ccc(OC)c([C@@H]2CCCN2C(=O)CSc2nnc(Nc3ccccc3C)s2)c1. The molecule has 168 valence electrons. The highest BCUT2D eigenvalue weighted by Gasteiger charge is 2.32. The molecule has 1 amide bonds. The van der Waals surface area contributed by atoms with E-state index in [9.17, 15) is 4.79 Å². The van der Waals surface area contributed by atoms with Crippen LogP contribution in [0.5, 0.6) is 11.5 Å². The van der Waals surface area contributed by atoms with Crippen LogP contribution in [-0.4, -0.2) is 47.5 Å². The number of nitrogens with one attached hydrogen (secondary N) is 1. The van der Waals surface area contributed by atoms with Crippen LogP contribution < -0.4 is 14.8 Å². The minimum absolute atomic E-state index is 0.0131. The summed E-state index contributed by atoms with van der Waals surface area (Å²) in [7, 11) is 3.30. The van der Waals surface area contributed by atoms with Crippen LogP contribution in [0.1, 0.15) is 30.0 Å². The van der Waals surface area contributed by atoms with Gasteiger partial charge >= 0.3 is 0 Å². The quantitative estimate of drug-likeness (QED) is 0.461. The molecule has 0 spiro atoms. The molecule has 1 aliphatic rings. The van der Waals surface area contributed by atoms with E-state index < -0.39 is 0 Å². The van der Waals surface area contributed by atoms with Gasteiger partial charge in [0.2, 0.25) is 11.0 Å². The summed E-state index contributed by atoms with van der Waals surface area (Å²) in [5.74, 6) is 1.95. The molecule has 9 heteroatoms. The van der Waals surface area contributed by atoms with E-state index in [1.165, 1.54) is 23.1 Å². The van der Waals surface area contributed by atoms with Gasteiger partial charge in [0.25, 0.3) is 0 Å². The van der Waals surface area contributed by atoms with E-state index in [1.807, 2.05) is 54.3 Å². The number of carbonyl (C=O) groups is 1. The summed E-state index contributed by atoms with van der Waals surface area (Å²) >= 11 is 2.88. The molecule has 0 saturated carbocycles. The first-order valence-electron chi connectivity index (χ1n) is 10.4. The number of ether oxygens (including phenoxy) is 2. The number of hydrogen-bond donors (Lipinski definition) is 1. The highest BCUT2D eigenvalue weighted by molar-refractivity contribution is 8.01. The van der Waals surface area contributed by atoms with Crippen molar-refractivity contribution in [2.45, 2.75) is 30.1 Å². The first kappa shape index (κ1) is 22.4. The molecule has 2 heterocycles. The van der Waals surface area contributed by atoms with Crippen molar-refractivity contribution < 1.29 is 14.3 Å². The van der Waals surface area contributed by atoms with E-state index in [1.54, 1.807) is 14.2 Å². The summed E-state index contributed by atoms with van der Waals surface area (Å²) in [6.07, 6.45) is 1.87. The highest BCUT2D eigenvalue weighted by atomic mass is 32.2. The number of carbonyl (C=O) groups excluding carboxylic acids is 1. The van der Waals surface area contributed by atoms with E-state index in [4.69, 9.17) is 9.47 Å². The Morgan fingerprint density at radius 1 is 1.22 bits per heavy atom. The van der Waals surface area contributed by atoms with Gasteiger partial charge in [-0.3, -0.25) is 4.79 Å². The van der Waals surface area contributed by atoms with Crippen molar-refractivity contribution in [1.29, 1.82) is 0 Å². The monoisotopic (exact) mass is 470 g/mol. The Labute approximate surface area is 196 Å². The Balaban J connectivity index is 1.40. The number of para-hydroxylation sites is 1. The fraction of sp³-hybridized carbons (Fsp3) is 0.348. The maximum atomic E-state index is 13.1. The molecule has 4 rings (SSSR count). The number of rotatable bonds is 8. The number of amides is 1. The molecule has 32 heavy (non-hydrogen) atoms. The number of hydrogen-bond acceptors (Lipinski definition) is 8. The number of thioether (sulfide) groups is 1. The molecule has 0 aliphatic carbocycles. The lowest BCUT2D eigenvalue weighted by atomic mass is 10.0. The fourth-order valence-electron chi connectivity index (χ4n) is 3.84. The van der Waals surface area contributed by atoms with Gasteiger partial charge in [0.15, 0.2) is 4.34 Å². The Kier molecular flexibility index (Phi) is 7.16. The average Bonchev–Trinajstić information content (AvgIpc) is 3.48. The molecule has 0 radical (unpaired) electrons. The molecule has 2 aromatic carbocycles. The first-order chi connectivity index (χ1) is 15.6. The second-order valence-corrected chi connectivity index (χ2v) is 9.65. The van der Waals surface area contributed by atoms with Crippen LogP contribution in [0.3, 0.4) is 0 Å². The molecular formula is C23H26N4O3S2. The fourth-order valence-corrected chi connectivity index (χ4v) is 5.49. The largest absolute Gasteiger partial charge is 0.497 e. The minimum atomic E-state index is -0.0131. The van der Waals surface area contributed by atoms with E-state index in [0.29, 0.717) is 5.75 Å². The number of likely N-dealkylation sites (tertiary alicyclic amines) is 1. The Hall–Kier alpha value is -2.78. The molecule has 1 saturated heterocycles. The highest BCUT2D eigenvalue weighted by Crippen LogP contribution is 2.39. The van der Waals surface area contributed by atoms with Crippen LogP contribution in [0.4, 0.5) is 10.8 Å². The number of aryl methyl sites for hydroxylation is 1. The van der Waals surface area contributed by atoms with Gasteiger partial charge < -0.3 is 19.7 Å². The molecule has 7 nitrogen and oxygen atoms in total. The smallest absolute Gasteiger partial charge is 0.233 e. The molecule has 1 fully saturated rings. The van der Waals surface area contributed by atoms with Crippen LogP contribution in [0, 0.1) is 6.92 Å². The van der Waals surface area contributed by atoms with Gasteiger partial charge in [-0.25, -0.2) is 0 Å². The van der Waals surface area contributed by atoms with E-state index in [2.05, 4.69) is 15.5 Å². The predicted octanol–water partition coefficient (Wildman–Crippen LogP) is 5.06. The van der Waals surface area contributed by atoms with E-state index >= 15 is 0 Å². The molecule has 1 N–H and O–H groups in total. The standard InChI is InChI=1S/C23H26N4O3S2/c1-15-7-4-5-8-18(15)24-22-25-26-23(32-22)31-14-21(28)27-12-6-9-19(27)17-13-16(29-2)10-11-20(17)30-3/h4-5,7-8,10-11,13,19H,6,9,12,14H2,1-3H3,(H,24,25)/t19-/m0/s1. The average molecular weight is 471 g/mol. The predicted molar refractivity (Wildman–Crippen MR) is 128 cm³/mol. The topological polar surface area (TPSA) is 76.6 Å². The number of methoxy groups -OCH3 is 2. The van der Waals surface area contributed by atoms with Gasteiger partial charge in [0.1, 0.15) is 11.5 Å². The zero-order valence-electron chi connectivity index (χ0n) is 18.3. The minimum Gasteiger partial charge on any atom is -0.497 e. The van der Waals surface area contributed by atoms with Crippen LogP contribution in [0.2, 0.25) is 0 Å². The van der Waals surface area contributed by atoms with Crippen molar-refractivity contribution in [2.75, 3.05) is 31.8 Å². The third kappa shape index (κ3) is 4.99. The maximum absolute atomic E-state index is 13.1. The number of anilines is 2. The number of aromatic nitrogens is 2. The summed E-state index contributed by atoms with van der Waals surface area (Å²) in [6.45, 7) is 2.78. The summed E-state index contributed by atoms with van der Waals surface area (Å²) in [4.78, 5) is 15.0. The summed E-state index contributed by atoms with van der Waals surface area (Å²) in [5, 5.41) is 12.5. The van der Waals surface area contributed by atoms with Gasteiger partial charge in [-0.2, -0.15) is 0 Å². The molecule has 1 aliphatic heterocycles. The lowest BCUT2D eigenvalue weighted by Gasteiger charge is -2.26. The Morgan fingerprint density at radius 3 is 2.84 bits per heavy atom. The molecule has 3 aromatic rings. The molecule has 0 bridgehead atoms. The Morgan fingerprint density at radius 2 is 2.06 bits per heavy atom. The van der Waals surface area contributed by atoms with Crippen molar-refractivity contribution in [1.82, 2.24) is 15.1 Å². The van der Waals surface area contributed by atoms with Gasteiger partial charge in [-0.15, -0.1) is 10.2 Å². The molecule has 1 atom stereocenters. The summed E-state index contributed by atoms with van der Waals surface area (Å²) < 4.78 is 11.7. The number of nitrogens with zero attached hydrogens (tertiary/aromatic N) is 3. The second-order valence-electron chi connectivity index (χ2n) is 7.45. The van der Waals surface area contributed by atoms with Crippen LogP contribution in [-0.2, 0) is 4.79 Å². The van der Waals surface area contributed by atoms with Crippen molar-refractivity contribution in [3.63, 3.8) is 0 Å². The number of benzene rings is 2. The van der Waals surface area contributed by atoms with Crippen molar-refractivity contribution in [3.05, 3.63) is 53.6 Å². The summed E-state index contributed by atoms with van der Waals surface area (Å²) in [6, 6.07) is 13.8. The Bertz CT molecular complexity index is 1090. The van der Waals surface area contributed by atoms with Crippen LogP contribution in [0.15, 0.2) is 46.8 Å². The van der Waals surface area contributed by atoms with Gasteiger partial charge in [0, 0.05) is 17.8 Å². The third-order valence-electron chi connectivity index (χ3n) is 5.48. The lowest BCUT2D eigenvalue weighted by molar-refractivity contribution is -0.129. The van der Waals surface area contributed by atoms with E-state index in [0.717, 1.165) is 57.2 Å². The maximum Gasteiger partial charge on any atom is 0.233 e. The van der Waals surface area contributed by atoms with Crippen molar-refractivity contribution in [3.8, 4) is 11.5 Å². The summed E-state index contributed by atoms with van der Waals surface area (Å²) in [5.41, 5.74) is 3.13. The lowest BCUT2D eigenvalue weighted by Crippen LogP contribution is -2.32. The zero-order valence-corrected chi connectivity index (χ0v) is 20.0. The van der Waals surface area contributed by atoms with Crippen LogP contribution in [0.25, 0.3) is 0 Å². The third-order valence-corrected chi connectivity index (χ3v) is 7.44.